The van der Waals surface area contributed by atoms with Crippen molar-refractivity contribution in [1.29, 1.82) is 0 Å². The maximum Gasteiger partial charge on any atom is 0.249 e. The highest BCUT2D eigenvalue weighted by Gasteiger charge is 2.44. The van der Waals surface area contributed by atoms with Gasteiger partial charge in [-0.1, -0.05) is 321 Å². The Hall–Kier alpha value is -1.15. The Balaban J connectivity index is 2.21. The van der Waals surface area contributed by atoms with Crippen LogP contribution >= 0.6 is 0 Å². The number of ether oxygens (including phenoxy) is 2. The average molecular weight is 1120 g/mol. The van der Waals surface area contributed by atoms with Gasteiger partial charge in [-0.25, -0.2) is 0 Å². The summed E-state index contributed by atoms with van der Waals surface area (Å²) in [6.45, 7) is 3.52. The molecule has 0 aromatic rings. The monoisotopic (exact) mass is 1120 g/mol. The zero-order valence-corrected chi connectivity index (χ0v) is 51.9. The predicted octanol–water partition coefficient (Wildman–Crippen LogP) is 16.3. The highest BCUT2D eigenvalue weighted by Crippen LogP contribution is 2.24. The molecule has 8 N–H and O–H groups in total. The summed E-state index contributed by atoms with van der Waals surface area (Å²) in [6, 6.07) is -1.17. The van der Waals surface area contributed by atoms with Crippen LogP contribution in [0, 0.1) is 0 Å². The van der Waals surface area contributed by atoms with Gasteiger partial charge >= 0.3 is 0 Å². The number of amides is 1. The molecular formula is C68H133NO10. The number of unbranched alkanes of at least 4 members (excludes halogenated alkanes) is 47. The lowest BCUT2D eigenvalue weighted by Crippen LogP contribution is -2.60. The maximum absolute atomic E-state index is 13.2. The van der Waals surface area contributed by atoms with Crippen molar-refractivity contribution >= 4 is 5.91 Å². The van der Waals surface area contributed by atoms with E-state index in [9.17, 15) is 40.5 Å². The Morgan fingerprint density at radius 1 is 0.430 bits per heavy atom. The quantitative estimate of drug-likeness (QED) is 0.0215. The summed E-state index contributed by atoms with van der Waals surface area (Å²) in [5.41, 5.74) is 0. The second kappa shape index (κ2) is 57.3. The van der Waals surface area contributed by atoms with Crippen LogP contribution in [0.5, 0.6) is 0 Å². The van der Waals surface area contributed by atoms with Crippen LogP contribution in [0.25, 0.3) is 0 Å². The maximum atomic E-state index is 13.2. The molecule has 1 aliphatic rings. The second-order valence-corrected chi connectivity index (χ2v) is 24.6. The van der Waals surface area contributed by atoms with Gasteiger partial charge < -0.3 is 50.5 Å². The van der Waals surface area contributed by atoms with Crippen molar-refractivity contribution in [3.63, 3.8) is 0 Å². The number of aliphatic hydroxyl groups is 7. The number of rotatable bonds is 61. The van der Waals surface area contributed by atoms with Gasteiger partial charge in [0.15, 0.2) is 6.29 Å². The number of carbonyl (C=O) groups is 1. The molecule has 0 saturated carbocycles. The van der Waals surface area contributed by atoms with Crippen LogP contribution in [0.3, 0.4) is 0 Å². The number of hydrogen-bond donors (Lipinski definition) is 8. The summed E-state index contributed by atoms with van der Waals surface area (Å²) >= 11 is 0. The van der Waals surface area contributed by atoms with Gasteiger partial charge in [-0.05, 0) is 38.5 Å². The van der Waals surface area contributed by atoms with Gasteiger partial charge in [0, 0.05) is 0 Å². The molecule has 11 nitrogen and oxygen atoms in total. The van der Waals surface area contributed by atoms with Crippen molar-refractivity contribution in [3.05, 3.63) is 12.2 Å². The number of allylic oxidation sites excluding steroid dienone is 2. The van der Waals surface area contributed by atoms with Gasteiger partial charge in [0.2, 0.25) is 5.91 Å². The van der Waals surface area contributed by atoms with E-state index in [1.165, 1.54) is 270 Å². The molecule has 1 rings (SSSR count). The van der Waals surface area contributed by atoms with E-state index in [0.717, 1.165) is 38.5 Å². The summed E-state index contributed by atoms with van der Waals surface area (Å²) in [4.78, 5) is 13.2. The van der Waals surface area contributed by atoms with E-state index in [-0.39, 0.29) is 6.42 Å². The first kappa shape index (κ1) is 75.9. The molecule has 0 spiro atoms. The zero-order valence-electron chi connectivity index (χ0n) is 51.9. The van der Waals surface area contributed by atoms with Crippen molar-refractivity contribution in [2.75, 3.05) is 13.2 Å². The van der Waals surface area contributed by atoms with Gasteiger partial charge in [-0.15, -0.1) is 0 Å². The molecule has 1 fully saturated rings. The first-order valence-electron chi connectivity index (χ1n) is 34.6. The van der Waals surface area contributed by atoms with Gasteiger partial charge in [0.25, 0.3) is 0 Å². The lowest BCUT2D eigenvalue weighted by molar-refractivity contribution is -0.303. The molecule has 1 heterocycles. The normalized spacial score (nSPS) is 19.3. The molecule has 9 atom stereocenters. The molecule has 0 bridgehead atoms. The molecule has 0 aromatic heterocycles. The van der Waals surface area contributed by atoms with Crippen LogP contribution in [-0.2, 0) is 14.3 Å². The summed E-state index contributed by atoms with van der Waals surface area (Å²) in [5.74, 6) is -0.691. The fourth-order valence-corrected chi connectivity index (χ4v) is 11.5. The number of nitrogens with one attached hydrogen (secondary N) is 1. The Kier molecular flexibility index (Phi) is 55.0. The Bertz CT molecular complexity index is 1290. The Labute approximate surface area is 487 Å². The van der Waals surface area contributed by atoms with Crippen LogP contribution in [0.2, 0.25) is 0 Å². The summed E-state index contributed by atoms with van der Waals surface area (Å²) in [5, 5.41) is 76.5. The minimum atomic E-state index is -1.66. The van der Waals surface area contributed by atoms with Crippen molar-refractivity contribution in [2.24, 2.45) is 0 Å². The molecule has 9 unspecified atom stereocenters. The van der Waals surface area contributed by atoms with Crippen LogP contribution in [0.15, 0.2) is 12.2 Å². The molecule has 1 saturated heterocycles. The number of aliphatic hydroxyl groups excluding tert-OH is 7. The topological polar surface area (TPSA) is 189 Å². The molecular weight excluding hydrogens is 991 g/mol. The fraction of sp³-hybridized carbons (Fsp3) is 0.956. The minimum Gasteiger partial charge on any atom is -0.394 e. The molecule has 1 amide bonds. The van der Waals surface area contributed by atoms with E-state index in [2.05, 4.69) is 31.3 Å². The van der Waals surface area contributed by atoms with Gasteiger partial charge in [-0.3, -0.25) is 4.79 Å². The van der Waals surface area contributed by atoms with Crippen LogP contribution in [0.1, 0.15) is 348 Å². The van der Waals surface area contributed by atoms with Crippen molar-refractivity contribution in [2.45, 2.75) is 403 Å². The van der Waals surface area contributed by atoms with Gasteiger partial charge in [-0.2, -0.15) is 0 Å². The second-order valence-electron chi connectivity index (χ2n) is 24.6. The average Bonchev–Trinajstić information content (AvgIpc) is 3.46. The third-order valence-electron chi connectivity index (χ3n) is 17.1. The molecule has 79 heavy (non-hydrogen) atoms. The predicted molar refractivity (Wildman–Crippen MR) is 330 cm³/mol. The molecule has 0 aliphatic carbocycles. The molecule has 470 valence electrons. The lowest BCUT2D eigenvalue weighted by Gasteiger charge is -2.40. The van der Waals surface area contributed by atoms with E-state index in [4.69, 9.17) is 9.47 Å². The summed E-state index contributed by atoms with van der Waals surface area (Å²) in [6.07, 6.45) is 58.6. The first-order chi connectivity index (χ1) is 38.7. The van der Waals surface area contributed by atoms with E-state index >= 15 is 0 Å². The standard InChI is InChI=1S/C68H133NO10/c1-3-5-7-9-11-13-15-17-19-21-23-25-27-29-30-32-33-35-37-39-41-43-45-47-49-51-53-55-60(71)63(73)59(58-78-68-66(76)65(75)64(74)62(57-70)79-68)69-67(77)61(72)56-54-52-50-48-46-44-42-40-38-36-34-31-28-26-24-22-20-18-16-14-12-10-8-6-4-2/h31,34,59-66,68,70-76H,3-30,32-33,35-58H2,1-2H3,(H,69,77)/b34-31-. The largest absolute Gasteiger partial charge is 0.394 e. The van der Waals surface area contributed by atoms with Gasteiger partial charge in [0.05, 0.1) is 25.4 Å². The van der Waals surface area contributed by atoms with Crippen LogP contribution in [0.4, 0.5) is 0 Å². The fourth-order valence-electron chi connectivity index (χ4n) is 11.5. The first-order valence-corrected chi connectivity index (χ1v) is 34.6. The SMILES string of the molecule is CCCCCCCCCCCCCC/C=C\CCCCCCCCCCCC(O)C(=O)NC(COC1OC(CO)C(O)C(O)C1O)C(O)C(O)CCCCCCCCCCCCCCCCCCCCCCCCCCCCC. The highest BCUT2D eigenvalue weighted by molar-refractivity contribution is 5.80. The van der Waals surface area contributed by atoms with Crippen molar-refractivity contribution in [1.82, 2.24) is 5.32 Å². The van der Waals surface area contributed by atoms with E-state index < -0.39 is 74.2 Å². The lowest BCUT2D eigenvalue weighted by atomic mass is 9.98. The summed E-state index contributed by atoms with van der Waals surface area (Å²) in [7, 11) is 0. The van der Waals surface area contributed by atoms with E-state index in [1.54, 1.807) is 0 Å². The van der Waals surface area contributed by atoms with Crippen LogP contribution in [-0.4, -0.2) is 110 Å². The Morgan fingerprint density at radius 3 is 1.06 bits per heavy atom. The molecule has 0 aromatic carbocycles. The third kappa shape index (κ3) is 45.0. The molecule has 0 radical (unpaired) electrons. The number of carbonyl (C=O) groups excluding carboxylic acids is 1. The number of hydrogen-bond acceptors (Lipinski definition) is 10. The summed E-state index contributed by atoms with van der Waals surface area (Å²) < 4.78 is 11.2. The molecule has 1 aliphatic heterocycles. The zero-order chi connectivity index (χ0) is 57.5. The highest BCUT2D eigenvalue weighted by atomic mass is 16.7. The van der Waals surface area contributed by atoms with Crippen LogP contribution < -0.4 is 5.32 Å². The van der Waals surface area contributed by atoms with Crippen molar-refractivity contribution < 1.29 is 50.0 Å². The Morgan fingerprint density at radius 2 is 0.734 bits per heavy atom. The van der Waals surface area contributed by atoms with E-state index in [1.807, 2.05) is 0 Å². The molecule has 11 heteroatoms. The smallest absolute Gasteiger partial charge is 0.249 e. The van der Waals surface area contributed by atoms with E-state index in [0.29, 0.717) is 19.3 Å². The van der Waals surface area contributed by atoms with Crippen molar-refractivity contribution in [3.8, 4) is 0 Å². The third-order valence-corrected chi connectivity index (χ3v) is 17.1. The van der Waals surface area contributed by atoms with Gasteiger partial charge in [0.1, 0.15) is 36.6 Å². The minimum absolute atomic E-state index is 0.261.